The van der Waals surface area contributed by atoms with Gasteiger partial charge in [-0.15, -0.1) is 0 Å². The average molecular weight is 277 g/mol. The molecule has 1 rings (SSSR count). The van der Waals surface area contributed by atoms with Crippen molar-refractivity contribution < 1.29 is 27.4 Å². The number of halogens is 3. The molecule has 19 heavy (non-hydrogen) atoms. The molecule has 0 aromatic heterocycles. The van der Waals surface area contributed by atoms with Gasteiger partial charge in [-0.05, 0) is 24.6 Å². The summed E-state index contributed by atoms with van der Waals surface area (Å²) in [6.07, 6.45) is -5.65. The third-order valence-electron chi connectivity index (χ3n) is 2.30. The van der Waals surface area contributed by atoms with Crippen molar-refractivity contribution in [2.45, 2.75) is 19.1 Å². The summed E-state index contributed by atoms with van der Waals surface area (Å²) in [7, 11) is 1.49. The van der Waals surface area contributed by atoms with Crippen LogP contribution in [-0.4, -0.2) is 26.0 Å². The number of alkyl carbamates (subject to hydrolysis) is 1. The van der Waals surface area contributed by atoms with Crippen molar-refractivity contribution in [3.8, 4) is 5.75 Å². The SMILES string of the molecule is COc1cccc([C@H](C)NC(=O)OCC(F)(F)F)c1. The summed E-state index contributed by atoms with van der Waals surface area (Å²) in [4.78, 5) is 11.2. The first kappa shape index (κ1) is 15.1. The van der Waals surface area contributed by atoms with Crippen molar-refractivity contribution in [2.75, 3.05) is 13.7 Å². The second-order valence-electron chi connectivity index (χ2n) is 3.83. The molecule has 0 spiro atoms. The molecule has 1 atom stereocenters. The van der Waals surface area contributed by atoms with Crippen molar-refractivity contribution in [2.24, 2.45) is 0 Å². The van der Waals surface area contributed by atoms with E-state index in [4.69, 9.17) is 4.74 Å². The van der Waals surface area contributed by atoms with E-state index in [2.05, 4.69) is 10.1 Å². The number of alkyl halides is 3. The van der Waals surface area contributed by atoms with Crippen LogP contribution in [0.2, 0.25) is 0 Å². The third kappa shape index (κ3) is 5.50. The minimum atomic E-state index is -4.53. The standard InChI is InChI=1S/C12H14F3NO3/c1-8(9-4-3-5-10(6-9)18-2)16-11(17)19-7-12(13,14)15/h3-6,8H,7H2,1-2H3,(H,16,17)/t8-/m0/s1. The monoisotopic (exact) mass is 277 g/mol. The highest BCUT2D eigenvalue weighted by atomic mass is 19.4. The quantitative estimate of drug-likeness (QED) is 0.920. The highest BCUT2D eigenvalue weighted by molar-refractivity contribution is 5.67. The first-order valence-corrected chi connectivity index (χ1v) is 5.46. The smallest absolute Gasteiger partial charge is 0.422 e. The molecule has 0 aliphatic carbocycles. The molecule has 7 heteroatoms. The van der Waals surface area contributed by atoms with Crippen molar-refractivity contribution in [1.29, 1.82) is 0 Å². The highest BCUT2D eigenvalue weighted by Gasteiger charge is 2.29. The fourth-order valence-electron chi connectivity index (χ4n) is 1.36. The Labute approximate surface area is 108 Å². The third-order valence-corrected chi connectivity index (χ3v) is 2.30. The van der Waals surface area contributed by atoms with E-state index in [9.17, 15) is 18.0 Å². The lowest BCUT2D eigenvalue weighted by molar-refractivity contribution is -0.160. The number of hydrogen-bond donors (Lipinski definition) is 1. The summed E-state index contributed by atoms with van der Waals surface area (Å²) < 4.78 is 44.6. The molecule has 106 valence electrons. The Kier molecular flexibility index (Phi) is 5.02. The maximum Gasteiger partial charge on any atom is 0.422 e. The first-order chi connectivity index (χ1) is 8.81. The maximum absolute atomic E-state index is 11.9. The van der Waals surface area contributed by atoms with Gasteiger partial charge in [0.2, 0.25) is 0 Å². The molecular formula is C12H14F3NO3. The van der Waals surface area contributed by atoms with Crippen LogP contribution in [0.1, 0.15) is 18.5 Å². The minimum absolute atomic E-state index is 0.490. The van der Waals surface area contributed by atoms with Gasteiger partial charge in [-0.2, -0.15) is 13.2 Å². The van der Waals surface area contributed by atoms with Gasteiger partial charge >= 0.3 is 12.3 Å². The van der Waals surface area contributed by atoms with Gasteiger partial charge in [0, 0.05) is 0 Å². The minimum Gasteiger partial charge on any atom is -0.497 e. The molecule has 1 N–H and O–H groups in total. The number of amides is 1. The number of benzene rings is 1. The summed E-state index contributed by atoms with van der Waals surface area (Å²) in [5.74, 6) is 0.592. The Bertz CT molecular complexity index is 434. The summed E-state index contributed by atoms with van der Waals surface area (Å²) in [6.45, 7) is 0.0211. The summed E-state index contributed by atoms with van der Waals surface area (Å²) in [5.41, 5.74) is 0.698. The van der Waals surface area contributed by atoms with E-state index in [1.54, 1.807) is 31.2 Å². The molecule has 0 radical (unpaired) electrons. The van der Waals surface area contributed by atoms with Gasteiger partial charge in [-0.1, -0.05) is 12.1 Å². The van der Waals surface area contributed by atoms with Crippen LogP contribution >= 0.6 is 0 Å². The molecular weight excluding hydrogens is 263 g/mol. The summed E-state index contributed by atoms with van der Waals surface area (Å²) >= 11 is 0. The van der Waals surface area contributed by atoms with Crippen LogP contribution in [0.5, 0.6) is 5.75 Å². The molecule has 4 nitrogen and oxygen atoms in total. The highest BCUT2D eigenvalue weighted by Crippen LogP contribution is 2.19. The molecule has 0 saturated heterocycles. The van der Waals surface area contributed by atoms with Gasteiger partial charge < -0.3 is 14.8 Å². The van der Waals surface area contributed by atoms with Gasteiger partial charge in [0.25, 0.3) is 0 Å². The van der Waals surface area contributed by atoms with E-state index in [1.807, 2.05) is 0 Å². The van der Waals surface area contributed by atoms with Crippen molar-refractivity contribution in [3.63, 3.8) is 0 Å². The second kappa shape index (κ2) is 6.31. The van der Waals surface area contributed by atoms with Crippen LogP contribution in [0.4, 0.5) is 18.0 Å². The number of carbonyl (C=O) groups is 1. The lowest BCUT2D eigenvalue weighted by atomic mass is 10.1. The molecule has 1 amide bonds. The van der Waals surface area contributed by atoms with Crippen LogP contribution in [0.15, 0.2) is 24.3 Å². The molecule has 0 bridgehead atoms. The first-order valence-electron chi connectivity index (χ1n) is 5.46. The van der Waals surface area contributed by atoms with E-state index in [1.165, 1.54) is 7.11 Å². The van der Waals surface area contributed by atoms with E-state index in [-0.39, 0.29) is 0 Å². The van der Waals surface area contributed by atoms with E-state index < -0.39 is 24.9 Å². The molecule has 0 heterocycles. The van der Waals surface area contributed by atoms with E-state index in [0.717, 1.165) is 0 Å². The summed E-state index contributed by atoms with van der Waals surface area (Å²) in [6, 6.07) is 6.34. The number of methoxy groups -OCH3 is 1. The number of hydrogen-bond acceptors (Lipinski definition) is 3. The van der Waals surface area contributed by atoms with Crippen LogP contribution in [0.3, 0.4) is 0 Å². The molecule has 0 aliphatic heterocycles. The van der Waals surface area contributed by atoms with E-state index in [0.29, 0.717) is 11.3 Å². The Balaban J connectivity index is 2.54. The Morgan fingerprint density at radius 2 is 2.11 bits per heavy atom. The number of ether oxygens (including phenoxy) is 2. The van der Waals surface area contributed by atoms with Crippen molar-refractivity contribution >= 4 is 6.09 Å². The van der Waals surface area contributed by atoms with E-state index >= 15 is 0 Å². The number of nitrogens with one attached hydrogen (secondary N) is 1. The molecule has 0 saturated carbocycles. The predicted octanol–water partition coefficient (Wildman–Crippen LogP) is 3.04. The van der Waals surface area contributed by atoms with Gasteiger partial charge in [-0.3, -0.25) is 0 Å². The topological polar surface area (TPSA) is 47.6 Å². The lowest BCUT2D eigenvalue weighted by Gasteiger charge is -2.15. The lowest BCUT2D eigenvalue weighted by Crippen LogP contribution is -2.30. The molecule has 0 fully saturated rings. The van der Waals surface area contributed by atoms with Crippen LogP contribution in [0.25, 0.3) is 0 Å². The maximum atomic E-state index is 11.9. The predicted molar refractivity (Wildman–Crippen MR) is 61.9 cm³/mol. The Morgan fingerprint density at radius 3 is 2.68 bits per heavy atom. The van der Waals surface area contributed by atoms with Crippen LogP contribution in [-0.2, 0) is 4.74 Å². The van der Waals surface area contributed by atoms with Crippen LogP contribution in [0, 0.1) is 0 Å². The van der Waals surface area contributed by atoms with Crippen molar-refractivity contribution in [3.05, 3.63) is 29.8 Å². The van der Waals surface area contributed by atoms with Gasteiger partial charge in [0.05, 0.1) is 13.2 Å². The van der Waals surface area contributed by atoms with Gasteiger partial charge in [0.15, 0.2) is 6.61 Å². The molecule has 0 aliphatic rings. The second-order valence-corrected chi connectivity index (χ2v) is 3.83. The normalized spacial score (nSPS) is 12.7. The number of rotatable bonds is 4. The molecule has 1 aromatic carbocycles. The van der Waals surface area contributed by atoms with Crippen molar-refractivity contribution in [1.82, 2.24) is 5.32 Å². The zero-order valence-electron chi connectivity index (χ0n) is 10.5. The molecule has 1 aromatic rings. The zero-order chi connectivity index (χ0) is 14.5. The zero-order valence-corrected chi connectivity index (χ0v) is 10.5. The Morgan fingerprint density at radius 1 is 1.42 bits per heavy atom. The fraction of sp³-hybridized carbons (Fsp3) is 0.417. The summed E-state index contributed by atoms with van der Waals surface area (Å²) in [5, 5.41) is 2.30. The van der Waals surface area contributed by atoms with Crippen LogP contribution < -0.4 is 10.1 Å². The fourth-order valence-corrected chi connectivity index (χ4v) is 1.36. The largest absolute Gasteiger partial charge is 0.497 e. The average Bonchev–Trinajstić information content (AvgIpc) is 2.35. The Hall–Kier alpha value is -1.92. The molecule has 0 unspecified atom stereocenters. The van der Waals surface area contributed by atoms with Gasteiger partial charge in [0.1, 0.15) is 5.75 Å². The number of carbonyl (C=O) groups excluding carboxylic acids is 1. The van der Waals surface area contributed by atoms with Gasteiger partial charge in [-0.25, -0.2) is 4.79 Å².